The second-order valence-electron chi connectivity index (χ2n) is 7.05. The van der Waals surface area contributed by atoms with Crippen LogP contribution in [-0.4, -0.2) is 60.4 Å². The van der Waals surface area contributed by atoms with Gasteiger partial charge in [0.15, 0.2) is 22.0 Å². The lowest BCUT2D eigenvalue weighted by Crippen LogP contribution is -2.44. The largest absolute Gasteiger partial charge is 0.452 e. The molecule has 0 radical (unpaired) electrons. The van der Waals surface area contributed by atoms with E-state index in [1.54, 1.807) is 17.0 Å². The summed E-state index contributed by atoms with van der Waals surface area (Å²) in [5, 5.41) is 0. The molecule has 1 aliphatic heterocycles. The Hall–Kier alpha value is -2.68. The van der Waals surface area contributed by atoms with Gasteiger partial charge in [0, 0.05) is 24.2 Å². The average Bonchev–Trinajstić information content (AvgIpc) is 3.29. The number of benzene rings is 1. The van der Waals surface area contributed by atoms with Crippen LogP contribution >= 0.6 is 0 Å². The van der Waals surface area contributed by atoms with Crippen LogP contribution in [0.2, 0.25) is 0 Å². The second kappa shape index (κ2) is 7.38. The molecule has 0 spiro atoms. The monoisotopic (exact) mass is 404 g/mol. The molecule has 2 aromatic rings. The highest BCUT2D eigenvalue weighted by atomic mass is 32.2. The Balaban J connectivity index is 1.33. The molecule has 1 saturated carbocycles. The fourth-order valence-electron chi connectivity index (χ4n) is 3.41. The van der Waals surface area contributed by atoms with Crippen molar-refractivity contribution in [2.24, 2.45) is 0 Å². The fraction of sp³-hybridized carbons (Fsp3) is 0.421. The fourth-order valence-corrected chi connectivity index (χ4v) is 5.12. The standard InChI is InChI=1S/C19H20N2O6S/c22-18(21(13-5-6-13)14-9-10-28(24,25)12-14)11-26-19(23)8-7-17-20-15-3-1-2-4-16(15)27-17/h1-4,7-8,13-14H,5-6,9-12H2/b8-7+/t14-/m0/s1. The van der Waals surface area contributed by atoms with Crippen LogP contribution in [-0.2, 0) is 24.2 Å². The van der Waals surface area contributed by atoms with Crippen molar-refractivity contribution in [1.82, 2.24) is 9.88 Å². The maximum absolute atomic E-state index is 12.5. The number of nitrogens with zero attached hydrogens (tertiary/aromatic N) is 2. The molecule has 4 rings (SSSR count). The molecule has 1 saturated heterocycles. The van der Waals surface area contributed by atoms with E-state index < -0.39 is 22.4 Å². The van der Waals surface area contributed by atoms with Gasteiger partial charge in [0.2, 0.25) is 5.89 Å². The van der Waals surface area contributed by atoms with Gasteiger partial charge in [-0.15, -0.1) is 0 Å². The maximum atomic E-state index is 12.5. The van der Waals surface area contributed by atoms with Crippen LogP contribution < -0.4 is 0 Å². The summed E-state index contributed by atoms with van der Waals surface area (Å²) in [7, 11) is -3.09. The van der Waals surface area contributed by atoms with Gasteiger partial charge in [-0.1, -0.05) is 12.1 Å². The summed E-state index contributed by atoms with van der Waals surface area (Å²) >= 11 is 0. The topological polar surface area (TPSA) is 107 Å². The number of aromatic nitrogens is 1. The lowest BCUT2D eigenvalue weighted by molar-refractivity contribution is -0.149. The summed E-state index contributed by atoms with van der Waals surface area (Å²) in [6.45, 7) is -0.413. The number of para-hydroxylation sites is 2. The van der Waals surface area contributed by atoms with Crippen molar-refractivity contribution in [1.29, 1.82) is 0 Å². The molecule has 2 aliphatic rings. The van der Waals surface area contributed by atoms with Crippen LogP contribution in [0.25, 0.3) is 17.2 Å². The number of esters is 1. The quantitative estimate of drug-likeness (QED) is 0.531. The molecule has 148 valence electrons. The van der Waals surface area contributed by atoms with Crippen molar-refractivity contribution in [3.8, 4) is 0 Å². The SMILES string of the molecule is O=C(/C=C/c1nc2ccccc2o1)OCC(=O)N(C1CC1)[C@H]1CCS(=O)(=O)C1. The number of oxazole rings is 1. The highest BCUT2D eigenvalue weighted by Gasteiger charge is 2.42. The Labute approximate surface area is 162 Å². The Morgan fingerprint density at radius 1 is 1.21 bits per heavy atom. The lowest BCUT2D eigenvalue weighted by Gasteiger charge is -2.28. The molecule has 8 nitrogen and oxygen atoms in total. The first-order valence-electron chi connectivity index (χ1n) is 9.13. The van der Waals surface area contributed by atoms with E-state index in [-0.39, 0.29) is 35.4 Å². The van der Waals surface area contributed by atoms with Crippen molar-refractivity contribution in [3.05, 3.63) is 36.2 Å². The molecule has 1 atom stereocenters. The predicted molar refractivity (Wildman–Crippen MR) is 101 cm³/mol. The van der Waals surface area contributed by atoms with Crippen LogP contribution in [0.5, 0.6) is 0 Å². The van der Waals surface area contributed by atoms with Crippen LogP contribution in [0.4, 0.5) is 0 Å². The van der Waals surface area contributed by atoms with Crippen LogP contribution in [0.3, 0.4) is 0 Å². The average molecular weight is 404 g/mol. The number of hydrogen-bond acceptors (Lipinski definition) is 7. The maximum Gasteiger partial charge on any atom is 0.331 e. The van der Waals surface area contributed by atoms with Crippen molar-refractivity contribution in [3.63, 3.8) is 0 Å². The molecule has 0 bridgehead atoms. The Morgan fingerprint density at radius 2 is 2.00 bits per heavy atom. The number of fused-ring (bicyclic) bond motifs is 1. The van der Waals surface area contributed by atoms with Gasteiger partial charge in [0.1, 0.15) is 5.52 Å². The first-order valence-corrected chi connectivity index (χ1v) is 11.0. The van der Waals surface area contributed by atoms with Gasteiger partial charge >= 0.3 is 5.97 Å². The molecule has 2 fully saturated rings. The van der Waals surface area contributed by atoms with Crippen molar-refractivity contribution in [2.75, 3.05) is 18.1 Å². The van der Waals surface area contributed by atoms with E-state index in [1.165, 1.54) is 6.08 Å². The molecule has 0 N–H and O–H groups in total. The number of amides is 1. The third-order valence-corrected chi connectivity index (χ3v) is 6.59. The number of hydrogen-bond donors (Lipinski definition) is 0. The van der Waals surface area contributed by atoms with E-state index in [2.05, 4.69) is 4.98 Å². The van der Waals surface area contributed by atoms with E-state index in [4.69, 9.17) is 9.15 Å². The summed E-state index contributed by atoms with van der Waals surface area (Å²) in [5.74, 6) is -0.694. The zero-order valence-corrected chi connectivity index (χ0v) is 15.9. The van der Waals surface area contributed by atoms with E-state index in [0.717, 1.165) is 18.9 Å². The molecule has 1 aromatic carbocycles. The zero-order chi connectivity index (χ0) is 19.7. The summed E-state index contributed by atoms with van der Waals surface area (Å²) in [6, 6.07) is 6.95. The number of sulfone groups is 1. The summed E-state index contributed by atoms with van der Waals surface area (Å²) in [5.41, 5.74) is 1.29. The number of rotatable bonds is 6. The van der Waals surface area contributed by atoms with Crippen molar-refractivity contribution in [2.45, 2.75) is 31.3 Å². The van der Waals surface area contributed by atoms with E-state index in [9.17, 15) is 18.0 Å². The summed E-state index contributed by atoms with van der Waals surface area (Å²) < 4.78 is 33.9. The van der Waals surface area contributed by atoms with Gasteiger partial charge in [-0.05, 0) is 31.4 Å². The molecule has 9 heteroatoms. The first kappa shape index (κ1) is 18.7. The molecule has 1 aromatic heterocycles. The first-order chi connectivity index (χ1) is 13.4. The van der Waals surface area contributed by atoms with Gasteiger partial charge in [-0.3, -0.25) is 4.79 Å². The minimum atomic E-state index is -3.09. The smallest absolute Gasteiger partial charge is 0.331 e. The molecule has 1 amide bonds. The van der Waals surface area contributed by atoms with Gasteiger partial charge in [0.25, 0.3) is 5.91 Å². The van der Waals surface area contributed by atoms with E-state index in [1.807, 2.05) is 12.1 Å². The highest BCUT2D eigenvalue weighted by molar-refractivity contribution is 7.91. The second-order valence-corrected chi connectivity index (χ2v) is 9.28. The summed E-state index contributed by atoms with van der Waals surface area (Å²) in [4.78, 5) is 30.3. The summed E-state index contributed by atoms with van der Waals surface area (Å²) in [6.07, 6.45) is 4.69. The van der Waals surface area contributed by atoms with Crippen molar-refractivity contribution >= 4 is 38.9 Å². The van der Waals surface area contributed by atoms with Crippen LogP contribution in [0.1, 0.15) is 25.2 Å². The third kappa shape index (κ3) is 4.24. The van der Waals surface area contributed by atoms with Gasteiger partial charge in [-0.25, -0.2) is 18.2 Å². The highest BCUT2D eigenvalue weighted by Crippen LogP contribution is 2.32. The molecular formula is C19H20N2O6S. The Morgan fingerprint density at radius 3 is 2.68 bits per heavy atom. The molecule has 0 unspecified atom stereocenters. The molecular weight excluding hydrogens is 384 g/mol. The third-order valence-electron chi connectivity index (χ3n) is 4.84. The van der Waals surface area contributed by atoms with Gasteiger partial charge < -0.3 is 14.1 Å². The molecule has 28 heavy (non-hydrogen) atoms. The lowest BCUT2D eigenvalue weighted by atomic mass is 10.2. The Kier molecular flexibility index (Phi) is 4.92. The van der Waals surface area contributed by atoms with Gasteiger partial charge in [0.05, 0.1) is 11.5 Å². The molecule has 1 aliphatic carbocycles. The number of carbonyl (C=O) groups is 2. The van der Waals surface area contributed by atoms with E-state index >= 15 is 0 Å². The minimum absolute atomic E-state index is 0.0131. The number of ether oxygens (including phenoxy) is 1. The molecule has 2 heterocycles. The normalized spacial score (nSPS) is 21.2. The zero-order valence-electron chi connectivity index (χ0n) is 15.1. The minimum Gasteiger partial charge on any atom is -0.452 e. The Bertz CT molecular complexity index is 1000. The van der Waals surface area contributed by atoms with E-state index in [0.29, 0.717) is 17.5 Å². The predicted octanol–water partition coefficient (Wildman–Crippen LogP) is 1.56. The van der Waals surface area contributed by atoms with Gasteiger partial charge in [-0.2, -0.15) is 0 Å². The number of carbonyl (C=O) groups excluding carboxylic acids is 2. The van der Waals surface area contributed by atoms with Crippen LogP contribution in [0, 0.1) is 0 Å². The van der Waals surface area contributed by atoms with Crippen LogP contribution in [0.15, 0.2) is 34.8 Å². The van der Waals surface area contributed by atoms with Crippen molar-refractivity contribution < 1.29 is 27.2 Å².